The van der Waals surface area contributed by atoms with E-state index in [4.69, 9.17) is 4.74 Å². The van der Waals surface area contributed by atoms with Crippen molar-refractivity contribution in [3.05, 3.63) is 58.9 Å². The van der Waals surface area contributed by atoms with Gasteiger partial charge >= 0.3 is 6.03 Å². The van der Waals surface area contributed by atoms with E-state index in [-0.39, 0.29) is 24.0 Å². The minimum Gasteiger partial charge on any atom is -0.487 e. The smallest absolute Gasteiger partial charge is 0.328 e. The molecule has 5 rings (SSSR count). The number of aromatic nitrogens is 1. The third kappa shape index (κ3) is 3.79. The van der Waals surface area contributed by atoms with Crippen molar-refractivity contribution >= 4 is 11.9 Å². The van der Waals surface area contributed by atoms with Crippen LogP contribution in [0.3, 0.4) is 0 Å². The van der Waals surface area contributed by atoms with Crippen molar-refractivity contribution < 1.29 is 14.3 Å². The van der Waals surface area contributed by atoms with Gasteiger partial charge in [0, 0.05) is 18.7 Å². The molecule has 3 aliphatic rings. The lowest BCUT2D eigenvalue weighted by atomic mass is 9.83. The monoisotopic (exact) mass is 447 g/mol. The Kier molecular flexibility index (Phi) is 6.09. The molecular formula is C27H33N3O3. The van der Waals surface area contributed by atoms with Crippen LogP contribution in [0.1, 0.15) is 80.8 Å². The number of carbonyl (C=O) groups excluding carboxylic acids is 2. The topological polar surface area (TPSA) is 62.7 Å². The predicted molar refractivity (Wildman–Crippen MR) is 126 cm³/mol. The molecule has 2 fully saturated rings. The second-order valence-electron chi connectivity index (χ2n) is 9.41. The lowest BCUT2D eigenvalue weighted by Crippen LogP contribution is -2.44. The molecule has 2 aromatic rings. The lowest BCUT2D eigenvalue weighted by Gasteiger charge is -2.38. The number of amides is 3. The summed E-state index contributed by atoms with van der Waals surface area (Å²) in [5.74, 6) is 0.851. The summed E-state index contributed by atoms with van der Waals surface area (Å²) in [6.07, 6.45) is 9.22. The Morgan fingerprint density at radius 1 is 1.06 bits per heavy atom. The number of carbonyl (C=O) groups is 2. The lowest BCUT2D eigenvalue weighted by molar-refractivity contribution is -0.130. The second kappa shape index (κ2) is 9.16. The highest BCUT2D eigenvalue weighted by Crippen LogP contribution is 2.44. The van der Waals surface area contributed by atoms with Crippen molar-refractivity contribution in [2.75, 3.05) is 0 Å². The molecule has 0 N–H and O–H groups in total. The fourth-order valence-corrected chi connectivity index (χ4v) is 6.00. The highest BCUT2D eigenvalue weighted by molar-refractivity contribution is 6.05. The van der Waals surface area contributed by atoms with Crippen LogP contribution in [0, 0.1) is 0 Å². The number of hydrogen-bond donors (Lipinski definition) is 0. The Hall–Kier alpha value is -2.89. The van der Waals surface area contributed by atoms with Gasteiger partial charge in [-0.25, -0.2) is 4.79 Å². The summed E-state index contributed by atoms with van der Waals surface area (Å²) >= 11 is 0. The molecule has 2 aliphatic heterocycles. The zero-order valence-electron chi connectivity index (χ0n) is 19.6. The van der Waals surface area contributed by atoms with Gasteiger partial charge in [0.1, 0.15) is 18.4 Å². The van der Waals surface area contributed by atoms with E-state index in [1.807, 2.05) is 29.2 Å². The first-order valence-electron chi connectivity index (χ1n) is 12.5. The van der Waals surface area contributed by atoms with Gasteiger partial charge in [0.2, 0.25) is 0 Å². The average Bonchev–Trinajstić information content (AvgIpc) is 3.11. The van der Waals surface area contributed by atoms with Gasteiger partial charge < -0.3 is 9.64 Å². The molecule has 0 bridgehead atoms. The van der Waals surface area contributed by atoms with Crippen LogP contribution in [-0.2, 0) is 24.2 Å². The SMILES string of the molecule is CCc1c(OCc2ccccn2)ccc2c1C[C@H]1C(=O)N(C3CCCCC3)C(=O)N1[C@@H]2CC. The van der Waals surface area contributed by atoms with E-state index in [2.05, 4.69) is 24.9 Å². The van der Waals surface area contributed by atoms with Crippen molar-refractivity contribution in [2.24, 2.45) is 0 Å². The van der Waals surface area contributed by atoms with E-state index in [9.17, 15) is 9.59 Å². The summed E-state index contributed by atoms with van der Waals surface area (Å²) in [5.41, 5.74) is 4.39. The van der Waals surface area contributed by atoms with Gasteiger partial charge in [0.25, 0.3) is 5.91 Å². The number of urea groups is 1. The number of benzene rings is 1. The van der Waals surface area contributed by atoms with Crippen molar-refractivity contribution in [3.8, 4) is 5.75 Å². The fraction of sp³-hybridized carbons (Fsp3) is 0.519. The van der Waals surface area contributed by atoms with Crippen molar-refractivity contribution in [3.63, 3.8) is 0 Å². The standard InChI is InChI=1S/C27H33N3O3/c1-3-20-22-16-24-26(31)29(19-11-6-5-7-12-19)27(32)30(24)23(4-2)21(22)13-14-25(20)33-17-18-10-8-9-15-28-18/h8-10,13-15,19,23-24H,3-7,11-12,16-17H2,1-2H3/t23-,24+/m1/s1. The van der Waals surface area contributed by atoms with Crippen molar-refractivity contribution in [1.29, 1.82) is 0 Å². The number of ether oxygens (including phenoxy) is 1. The molecule has 1 aromatic heterocycles. The third-order valence-electron chi connectivity index (χ3n) is 7.58. The van der Waals surface area contributed by atoms with E-state index >= 15 is 0 Å². The number of imide groups is 1. The van der Waals surface area contributed by atoms with Crippen LogP contribution < -0.4 is 4.74 Å². The van der Waals surface area contributed by atoms with Crippen LogP contribution in [0.5, 0.6) is 5.75 Å². The van der Waals surface area contributed by atoms with Crippen molar-refractivity contribution in [1.82, 2.24) is 14.8 Å². The van der Waals surface area contributed by atoms with Crippen molar-refractivity contribution in [2.45, 2.75) is 89.9 Å². The summed E-state index contributed by atoms with van der Waals surface area (Å²) in [4.78, 5) is 34.9. The first-order chi connectivity index (χ1) is 16.1. The highest BCUT2D eigenvalue weighted by Gasteiger charge is 2.53. The number of fused-ring (bicyclic) bond motifs is 2. The third-order valence-corrected chi connectivity index (χ3v) is 7.58. The number of pyridine rings is 1. The molecule has 174 valence electrons. The zero-order valence-corrected chi connectivity index (χ0v) is 19.6. The summed E-state index contributed by atoms with van der Waals surface area (Å²) < 4.78 is 6.19. The molecule has 1 saturated heterocycles. The van der Waals surface area contributed by atoms with Gasteiger partial charge in [0.05, 0.1) is 11.7 Å². The molecule has 1 aliphatic carbocycles. The molecule has 6 nitrogen and oxygen atoms in total. The Bertz CT molecular complexity index is 1030. The van der Waals surface area contributed by atoms with Crippen LogP contribution in [0.25, 0.3) is 0 Å². The molecule has 3 heterocycles. The maximum atomic E-state index is 13.5. The van der Waals surface area contributed by atoms with E-state index in [1.165, 1.54) is 17.5 Å². The number of nitrogens with zero attached hydrogens (tertiary/aromatic N) is 3. The van der Waals surface area contributed by atoms with Crippen LogP contribution in [0.2, 0.25) is 0 Å². The van der Waals surface area contributed by atoms with Gasteiger partial charge in [-0.15, -0.1) is 0 Å². The molecule has 0 spiro atoms. The van der Waals surface area contributed by atoms with Crippen LogP contribution >= 0.6 is 0 Å². The fourth-order valence-electron chi connectivity index (χ4n) is 6.00. The molecule has 3 amide bonds. The van der Waals surface area contributed by atoms with Gasteiger partial charge in [-0.2, -0.15) is 0 Å². The van der Waals surface area contributed by atoms with Crippen LogP contribution in [0.15, 0.2) is 36.5 Å². The Morgan fingerprint density at radius 2 is 1.88 bits per heavy atom. The quantitative estimate of drug-likeness (QED) is 0.571. The molecule has 1 aromatic carbocycles. The largest absolute Gasteiger partial charge is 0.487 e. The Labute approximate surface area is 195 Å². The molecular weight excluding hydrogens is 414 g/mol. The molecule has 1 saturated carbocycles. The summed E-state index contributed by atoms with van der Waals surface area (Å²) in [6, 6.07) is 9.46. The van der Waals surface area contributed by atoms with Gasteiger partial charge in [-0.3, -0.25) is 14.7 Å². The number of rotatable bonds is 6. The summed E-state index contributed by atoms with van der Waals surface area (Å²) in [6.45, 7) is 4.65. The molecule has 33 heavy (non-hydrogen) atoms. The van der Waals surface area contributed by atoms with E-state index in [1.54, 1.807) is 11.1 Å². The molecule has 0 unspecified atom stereocenters. The summed E-state index contributed by atoms with van der Waals surface area (Å²) in [5, 5.41) is 0. The molecule has 2 atom stereocenters. The first-order valence-corrected chi connectivity index (χ1v) is 12.5. The average molecular weight is 448 g/mol. The molecule has 6 heteroatoms. The van der Waals surface area contributed by atoms with Crippen LogP contribution in [-0.4, -0.2) is 38.8 Å². The van der Waals surface area contributed by atoms with E-state index in [0.717, 1.165) is 55.5 Å². The summed E-state index contributed by atoms with van der Waals surface area (Å²) in [7, 11) is 0. The predicted octanol–water partition coefficient (Wildman–Crippen LogP) is 5.20. The minimum atomic E-state index is -0.395. The van der Waals surface area contributed by atoms with E-state index in [0.29, 0.717) is 13.0 Å². The molecule has 0 radical (unpaired) electrons. The van der Waals surface area contributed by atoms with E-state index < -0.39 is 6.04 Å². The first kappa shape index (κ1) is 21.9. The normalized spacial score (nSPS) is 23.0. The zero-order chi connectivity index (χ0) is 22.9. The Balaban J connectivity index is 1.46. The number of hydrogen-bond acceptors (Lipinski definition) is 4. The van der Waals surface area contributed by atoms with Gasteiger partial charge in [-0.05, 0) is 60.6 Å². The second-order valence-corrected chi connectivity index (χ2v) is 9.41. The maximum absolute atomic E-state index is 13.5. The minimum absolute atomic E-state index is 0.00198. The van der Waals surface area contributed by atoms with Gasteiger partial charge in [-0.1, -0.05) is 45.2 Å². The highest BCUT2D eigenvalue weighted by atomic mass is 16.5. The maximum Gasteiger partial charge on any atom is 0.328 e. The van der Waals surface area contributed by atoms with Gasteiger partial charge in [0.15, 0.2) is 0 Å². The Morgan fingerprint density at radius 3 is 2.58 bits per heavy atom. The van der Waals surface area contributed by atoms with Crippen LogP contribution in [0.4, 0.5) is 4.79 Å².